The summed E-state index contributed by atoms with van der Waals surface area (Å²) in [7, 11) is 1.57. The number of furan rings is 1. The summed E-state index contributed by atoms with van der Waals surface area (Å²) in [6, 6.07) is 15.4. The van der Waals surface area contributed by atoms with Crippen LogP contribution in [-0.2, 0) is 6.54 Å². The zero-order valence-corrected chi connectivity index (χ0v) is 18.9. The van der Waals surface area contributed by atoms with Crippen molar-refractivity contribution in [3.8, 4) is 5.75 Å². The molecule has 1 aromatic heterocycles. The number of anilines is 1. The van der Waals surface area contributed by atoms with Gasteiger partial charge in [0.15, 0.2) is 5.11 Å². The van der Waals surface area contributed by atoms with Gasteiger partial charge in [-0.2, -0.15) is 0 Å². The highest BCUT2D eigenvalue weighted by atomic mass is 127. The molecule has 0 saturated carbocycles. The van der Waals surface area contributed by atoms with Crippen molar-refractivity contribution in [2.45, 2.75) is 6.54 Å². The fraction of sp³-hybridized carbons (Fsp3) is 0.0952. The molecule has 1 heterocycles. The van der Waals surface area contributed by atoms with E-state index in [1.165, 1.54) is 0 Å². The number of nitrogens with one attached hydrogen (secondary N) is 3. The van der Waals surface area contributed by atoms with E-state index >= 15 is 0 Å². The van der Waals surface area contributed by atoms with Crippen LogP contribution in [0, 0.1) is 3.57 Å². The van der Waals surface area contributed by atoms with Crippen LogP contribution in [0.25, 0.3) is 0 Å². The molecule has 7 nitrogen and oxygen atoms in total. The number of rotatable bonds is 6. The molecule has 2 amide bonds. The van der Waals surface area contributed by atoms with Gasteiger partial charge >= 0.3 is 0 Å². The van der Waals surface area contributed by atoms with Crippen LogP contribution in [0.2, 0.25) is 0 Å². The third kappa shape index (κ3) is 5.80. The predicted octanol–water partition coefficient (Wildman–Crippen LogP) is 3.95. The van der Waals surface area contributed by atoms with E-state index in [9.17, 15) is 9.59 Å². The molecular formula is C21H18IN3O4S. The summed E-state index contributed by atoms with van der Waals surface area (Å²) in [5.41, 5.74) is 1.48. The Hall–Kier alpha value is -2.92. The van der Waals surface area contributed by atoms with Gasteiger partial charge in [-0.3, -0.25) is 14.9 Å². The van der Waals surface area contributed by atoms with Crippen molar-refractivity contribution >= 4 is 57.4 Å². The van der Waals surface area contributed by atoms with Gasteiger partial charge in [0.25, 0.3) is 11.8 Å². The number of halogens is 1. The Bertz CT molecular complexity index is 1070. The first kappa shape index (κ1) is 21.8. The molecule has 0 atom stereocenters. The van der Waals surface area contributed by atoms with E-state index < -0.39 is 0 Å². The van der Waals surface area contributed by atoms with Crippen LogP contribution in [0.15, 0.2) is 65.3 Å². The number of ether oxygens (including phenoxy) is 1. The number of thiocarbonyl (C=S) groups is 1. The fourth-order valence-electron chi connectivity index (χ4n) is 2.57. The smallest absolute Gasteiger partial charge is 0.257 e. The molecule has 0 aliphatic rings. The molecule has 0 saturated heterocycles. The van der Waals surface area contributed by atoms with Crippen LogP contribution in [0.1, 0.15) is 26.5 Å². The molecule has 0 bridgehead atoms. The second-order valence-electron chi connectivity index (χ2n) is 6.10. The number of hydrogen-bond acceptors (Lipinski definition) is 5. The van der Waals surface area contributed by atoms with E-state index in [0.29, 0.717) is 34.9 Å². The van der Waals surface area contributed by atoms with E-state index in [4.69, 9.17) is 21.4 Å². The van der Waals surface area contributed by atoms with E-state index in [1.807, 2.05) is 0 Å². The lowest BCUT2D eigenvalue weighted by Crippen LogP contribution is -2.34. The monoisotopic (exact) mass is 535 g/mol. The lowest BCUT2D eigenvalue weighted by atomic mass is 10.2. The first-order valence-electron chi connectivity index (χ1n) is 8.83. The van der Waals surface area contributed by atoms with Crippen molar-refractivity contribution in [1.29, 1.82) is 0 Å². The van der Waals surface area contributed by atoms with Gasteiger partial charge in [-0.15, -0.1) is 0 Å². The number of carbonyl (C=O) groups excluding carboxylic acids is 2. The lowest BCUT2D eigenvalue weighted by molar-refractivity contribution is 0.0946. The fourth-order valence-corrected chi connectivity index (χ4v) is 3.51. The summed E-state index contributed by atoms with van der Waals surface area (Å²) < 4.78 is 11.2. The second-order valence-corrected chi connectivity index (χ2v) is 7.67. The first-order valence-corrected chi connectivity index (χ1v) is 10.3. The van der Waals surface area contributed by atoms with Gasteiger partial charge in [0.05, 0.1) is 23.5 Å². The molecule has 0 aliphatic carbocycles. The molecule has 0 unspecified atom stereocenters. The Kier molecular flexibility index (Phi) is 7.41. The zero-order chi connectivity index (χ0) is 21.5. The molecular weight excluding hydrogens is 517 g/mol. The maximum absolute atomic E-state index is 12.4. The Morgan fingerprint density at radius 3 is 2.57 bits per heavy atom. The van der Waals surface area contributed by atoms with E-state index in [2.05, 4.69) is 38.5 Å². The molecule has 9 heteroatoms. The molecule has 3 rings (SSSR count). The van der Waals surface area contributed by atoms with Crippen molar-refractivity contribution in [1.82, 2.24) is 10.6 Å². The standard InChI is InChI=1S/C21H18IN3O4S/c1-28-18-8-7-14(11-17(18)22)20(27)25-21(30)24-15-5-2-4-13(10-15)19(26)23-12-16-6-3-9-29-16/h2-11H,12H2,1H3,(H,23,26)(H2,24,25,27,30). The molecule has 154 valence electrons. The summed E-state index contributed by atoms with van der Waals surface area (Å²) in [5, 5.41) is 8.45. The highest BCUT2D eigenvalue weighted by Gasteiger charge is 2.12. The summed E-state index contributed by atoms with van der Waals surface area (Å²) in [6.45, 7) is 0.290. The van der Waals surface area contributed by atoms with E-state index in [1.54, 1.807) is 68.0 Å². The van der Waals surface area contributed by atoms with Crippen molar-refractivity contribution < 1.29 is 18.7 Å². The Morgan fingerprint density at radius 2 is 1.87 bits per heavy atom. The van der Waals surface area contributed by atoms with Crippen LogP contribution in [0.3, 0.4) is 0 Å². The zero-order valence-electron chi connectivity index (χ0n) is 15.9. The molecule has 30 heavy (non-hydrogen) atoms. The molecule has 3 aromatic rings. The topological polar surface area (TPSA) is 92.6 Å². The third-order valence-electron chi connectivity index (χ3n) is 4.03. The maximum atomic E-state index is 12.4. The minimum absolute atomic E-state index is 0.124. The summed E-state index contributed by atoms with van der Waals surface area (Å²) in [6.07, 6.45) is 1.55. The molecule has 0 radical (unpaired) electrons. The molecule has 0 aliphatic heterocycles. The Balaban J connectivity index is 1.58. The van der Waals surface area contributed by atoms with Crippen LogP contribution in [0.5, 0.6) is 5.75 Å². The summed E-state index contributed by atoms with van der Waals surface area (Å²) in [5.74, 6) is 0.753. The first-order chi connectivity index (χ1) is 14.5. The number of amides is 2. The number of hydrogen-bond donors (Lipinski definition) is 3. The molecule has 0 fully saturated rings. The molecule has 0 spiro atoms. The van der Waals surface area contributed by atoms with Crippen LogP contribution in [-0.4, -0.2) is 24.0 Å². The largest absolute Gasteiger partial charge is 0.496 e. The maximum Gasteiger partial charge on any atom is 0.257 e. The van der Waals surface area contributed by atoms with Crippen LogP contribution >= 0.6 is 34.8 Å². The SMILES string of the molecule is COc1ccc(C(=O)NC(=S)Nc2cccc(C(=O)NCc3ccco3)c2)cc1I. The van der Waals surface area contributed by atoms with Crippen molar-refractivity contribution in [2.24, 2.45) is 0 Å². The molecule has 2 aromatic carbocycles. The lowest BCUT2D eigenvalue weighted by Gasteiger charge is -2.11. The van der Waals surface area contributed by atoms with Crippen LogP contribution in [0.4, 0.5) is 5.69 Å². The van der Waals surface area contributed by atoms with Gasteiger partial charge in [-0.05, 0) is 83.3 Å². The summed E-state index contributed by atoms with van der Waals surface area (Å²) in [4.78, 5) is 24.7. The second kappa shape index (κ2) is 10.2. The Labute approximate surface area is 192 Å². The number of methoxy groups -OCH3 is 1. The van der Waals surface area contributed by atoms with Gasteiger partial charge in [-0.1, -0.05) is 6.07 Å². The van der Waals surface area contributed by atoms with Crippen LogP contribution < -0.4 is 20.7 Å². The number of carbonyl (C=O) groups is 2. The third-order valence-corrected chi connectivity index (χ3v) is 5.07. The average molecular weight is 535 g/mol. The highest BCUT2D eigenvalue weighted by molar-refractivity contribution is 14.1. The van der Waals surface area contributed by atoms with Crippen molar-refractivity contribution in [2.75, 3.05) is 12.4 Å². The van der Waals surface area contributed by atoms with Crippen molar-refractivity contribution in [3.63, 3.8) is 0 Å². The van der Waals surface area contributed by atoms with Gasteiger partial charge in [0.2, 0.25) is 0 Å². The normalized spacial score (nSPS) is 10.2. The summed E-state index contributed by atoms with van der Waals surface area (Å²) >= 11 is 7.32. The van der Waals surface area contributed by atoms with Gasteiger partial charge in [0, 0.05) is 16.8 Å². The quantitative estimate of drug-likeness (QED) is 0.327. The van der Waals surface area contributed by atoms with Gasteiger partial charge < -0.3 is 19.8 Å². The van der Waals surface area contributed by atoms with Gasteiger partial charge in [-0.25, -0.2) is 0 Å². The van der Waals surface area contributed by atoms with E-state index in [0.717, 1.165) is 3.57 Å². The predicted molar refractivity (Wildman–Crippen MR) is 126 cm³/mol. The van der Waals surface area contributed by atoms with Gasteiger partial charge in [0.1, 0.15) is 11.5 Å². The minimum Gasteiger partial charge on any atom is -0.496 e. The van der Waals surface area contributed by atoms with Crippen molar-refractivity contribution in [3.05, 3.63) is 81.3 Å². The van der Waals surface area contributed by atoms with E-state index in [-0.39, 0.29) is 16.9 Å². The average Bonchev–Trinajstić information content (AvgIpc) is 3.25. The molecule has 3 N–H and O–H groups in total. The number of benzene rings is 2. The highest BCUT2D eigenvalue weighted by Crippen LogP contribution is 2.21. The Morgan fingerprint density at radius 1 is 1.07 bits per heavy atom. The minimum atomic E-state index is -0.347.